The fraction of sp³-hybridized carbons (Fsp3) is 0.318. The summed E-state index contributed by atoms with van der Waals surface area (Å²) < 4.78 is 0. The van der Waals surface area contributed by atoms with Gasteiger partial charge in [-0.05, 0) is 60.4 Å². The first-order valence-electron chi connectivity index (χ1n) is 8.85. The third-order valence-corrected chi connectivity index (χ3v) is 5.02. The molecule has 0 fully saturated rings. The topological polar surface area (TPSA) is 19.4 Å². The van der Waals surface area contributed by atoms with Gasteiger partial charge in [-0.15, -0.1) is 0 Å². The molecular formula is C22H27N3. The van der Waals surface area contributed by atoms with Gasteiger partial charge >= 0.3 is 0 Å². The van der Waals surface area contributed by atoms with E-state index in [0.29, 0.717) is 11.8 Å². The first-order valence-corrected chi connectivity index (χ1v) is 8.85. The van der Waals surface area contributed by atoms with E-state index in [-0.39, 0.29) is 0 Å². The number of nitrogens with zero attached hydrogens (tertiary/aromatic N) is 3. The summed E-state index contributed by atoms with van der Waals surface area (Å²) in [6.45, 7) is 2.32. The molecule has 2 unspecified atom stereocenters. The number of allylic oxidation sites excluding steroid dienone is 3. The number of rotatable bonds is 4. The molecule has 0 aliphatic heterocycles. The fourth-order valence-electron chi connectivity index (χ4n) is 3.31. The van der Waals surface area contributed by atoms with Crippen LogP contribution in [0.15, 0.2) is 72.7 Å². The van der Waals surface area contributed by atoms with Crippen LogP contribution in [0, 0.1) is 5.92 Å². The molecule has 0 N–H and O–H groups in total. The fourth-order valence-corrected chi connectivity index (χ4v) is 3.31. The Labute approximate surface area is 151 Å². The molecule has 130 valence electrons. The van der Waals surface area contributed by atoms with E-state index in [1.165, 1.54) is 22.6 Å². The quantitative estimate of drug-likeness (QED) is 0.797. The monoisotopic (exact) mass is 333 g/mol. The van der Waals surface area contributed by atoms with Crippen LogP contribution in [0.5, 0.6) is 0 Å². The highest BCUT2D eigenvalue weighted by atomic mass is 15.1. The predicted octanol–water partition coefficient (Wildman–Crippen LogP) is 4.85. The maximum atomic E-state index is 4.14. The first-order chi connectivity index (χ1) is 12.1. The normalized spacial score (nSPS) is 19.9. The van der Waals surface area contributed by atoms with E-state index in [2.05, 4.69) is 97.5 Å². The maximum absolute atomic E-state index is 4.14. The summed E-state index contributed by atoms with van der Waals surface area (Å²) in [6.07, 6.45) is 11.8. The molecule has 2 atom stereocenters. The number of pyridine rings is 1. The molecule has 0 spiro atoms. The maximum Gasteiger partial charge on any atom is 0.0409 e. The summed E-state index contributed by atoms with van der Waals surface area (Å²) >= 11 is 0. The van der Waals surface area contributed by atoms with Crippen molar-refractivity contribution < 1.29 is 0 Å². The molecule has 0 bridgehead atoms. The van der Waals surface area contributed by atoms with Crippen LogP contribution in [0.4, 0.5) is 11.4 Å². The smallest absolute Gasteiger partial charge is 0.0409 e. The van der Waals surface area contributed by atoms with Crippen LogP contribution >= 0.6 is 0 Å². The van der Waals surface area contributed by atoms with Crippen molar-refractivity contribution in [3.8, 4) is 0 Å². The molecule has 0 saturated carbocycles. The minimum atomic E-state index is 0.432. The van der Waals surface area contributed by atoms with Crippen molar-refractivity contribution >= 4 is 11.4 Å². The Morgan fingerprint density at radius 3 is 2.20 bits per heavy atom. The van der Waals surface area contributed by atoms with E-state index < -0.39 is 0 Å². The SMILES string of the molecule is CC1CC=C(N(C)c2ccc(N(C)C)cc2)C=CC1c1ccncc1. The molecule has 2 aromatic rings. The van der Waals surface area contributed by atoms with Crippen molar-refractivity contribution in [3.05, 3.63) is 78.3 Å². The molecule has 3 nitrogen and oxygen atoms in total. The molecule has 0 saturated heterocycles. The van der Waals surface area contributed by atoms with Gasteiger partial charge in [0, 0.05) is 56.5 Å². The lowest BCUT2D eigenvalue weighted by Gasteiger charge is -2.22. The molecule has 1 aliphatic carbocycles. The number of aromatic nitrogens is 1. The highest BCUT2D eigenvalue weighted by molar-refractivity contribution is 5.59. The zero-order valence-corrected chi connectivity index (χ0v) is 15.6. The molecular weight excluding hydrogens is 306 g/mol. The Balaban J connectivity index is 1.80. The van der Waals surface area contributed by atoms with Gasteiger partial charge in [-0.25, -0.2) is 0 Å². The number of likely N-dealkylation sites (N-methyl/N-ethyl adjacent to an activating group) is 1. The van der Waals surface area contributed by atoms with Gasteiger partial charge in [0.1, 0.15) is 0 Å². The molecule has 25 heavy (non-hydrogen) atoms. The second-order valence-electron chi connectivity index (χ2n) is 6.98. The van der Waals surface area contributed by atoms with E-state index in [0.717, 1.165) is 6.42 Å². The van der Waals surface area contributed by atoms with E-state index in [1.54, 1.807) is 0 Å². The van der Waals surface area contributed by atoms with Crippen molar-refractivity contribution in [2.24, 2.45) is 5.92 Å². The average Bonchev–Trinajstić information content (AvgIpc) is 2.83. The lowest BCUT2D eigenvalue weighted by atomic mass is 9.86. The van der Waals surface area contributed by atoms with Crippen LogP contribution in [-0.4, -0.2) is 26.1 Å². The molecule has 1 aromatic carbocycles. The standard InChI is InChI=1S/C22H27N3/c1-17-5-6-20(11-12-22(17)18-13-15-23-16-14-18)25(4)21-9-7-19(8-10-21)24(2)3/h6-17,22H,5H2,1-4H3. The van der Waals surface area contributed by atoms with E-state index in [4.69, 9.17) is 0 Å². The van der Waals surface area contributed by atoms with Gasteiger partial charge in [0.25, 0.3) is 0 Å². The van der Waals surface area contributed by atoms with Crippen LogP contribution in [0.3, 0.4) is 0 Å². The van der Waals surface area contributed by atoms with Gasteiger partial charge in [-0.1, -0.05) is 19.1 Å². The third kappa shape index (κ3) is 3.93. The van der Waals surface area contributed by atoms with Crippen LogP contribution < -0.4 is 9.80 Å². The van der Waals surface area contributed by atoms with Gasteiger partial charge in [0.15, 0.2) is 0 Å². The van der Waals surface area contributed by atoms with Crippen LogP contribution in [0.1, 0.15) is 24.8 Å². The minimum absolute atomic E-state index is 0.432. The van der Waals surface area contributed by atoms with Crippen LogP contribution in [0.25, 0.3) is 0 Å². The summed E-state index contributed by atoms with van der Waals surface area (Å²) in [4.78, 5) is 8.52. The molecule has 3 heteroatoms. The molecule has 1 heterocycles. The second-order valence-corrected chi connectivity index (χ2v) is 6.98. The molecule has 0 amide bonds. The summed E-state index contributed by atoms with van der Waals surface area (Å²) in [5, 5.41) is 0. The summed E-state index contributed by atoms with van der Waals surface area (Å²) in [6, 6.07) is 12.9. The lowest BCUT2D eigenvalue weighted by Crippen LogP contribution is -2.15. The summed E-state index contributed by atoms with van der Waals surface area (Å²) in [5.74, 6) is 1.00. The largest absolute Gasteiger partial charge is 0.378 e. The van der Waals surface area contributed by atoms with Crippen molar-refractivity contribution in [2.45, 2.75) is 19.3 Å². The summed E-state index contributed by atoms with van der Waals surface area (Å²) in [7, 11) is 6.27. The van der Waals surface area contributed by atoms with Crippen molar-refractivity contribution in [1.29, 1.82) is 0 Å². The molecule has 1 aliphatic rings. The van der Waals surface area contributed by atoms with Crippen LogP contribution in [0.2, 0.25) is 0 Å². The molecule has 1 aromatic heterocycles. The zero-order valence-electron chi connectivity index (χ0n) is 15.6. The molecule has 0 radical (unpaired) electrons. The van der Waals surface area contributed by atoms with Gasteiger partial charge in [-0.3, -0.25) is 4.98 Å². The number of benzene rings is 1. The van der Waals surface area contributed by atoms with E-state index >= 15 is 0 Å². The van der Waals surface area contributed by atoms with Crippen LogP contribution in [-0.2, 0) is 0 Å². The Morgan fingerprint density at radius 1 is 0.920 bits per heavy atom. The van der Waals surface area contributed by atoms with Crippen molar-refractivity contribution in [2.75, 3.05) is 30.9 Å². The first kappa shape index (κ1) is 17.3. The number of anilines is 2. The van der Waals surface area contributed by atoms with E-state index in [1.807, 2.05) is 12.4 Å². The lowest BCUT2D eigenvalue weighted by molar-refractivity contribution is 0.533. The number of hydrogen-bond donors (Lipinski definition) is 0. The Kier molecular flexibility index (Phi) is 5.22. The van der Waals surface area contributed by atoms with Crippen molar-refractivity contribution in [1.82, 2.24) is 4.98 Å². The zero-order chi connectivity index (χ0) is 17.8. The average molecular weight is 333 g/mol. The summed E-state index contributed by atoms with van der Waals surface area (Å²) in [5.41, 5.74) is 5.01. The van der Waals surface area contributed by atoms with Crippen molar-refractivity contribution in [3.63, 3.8) is 0 Å². The van der Waals surface area contributed by atoms with Gasteiger partial charge in [-0.2, -0.15) is 0 Å². The van der Waals surface area contributed by atoms with Gasteiger partial charge < -0.3 is 9.80 Å². The minimum Gasteiger partial charge on any atom is -0.378 e. The van der Waals surface area contributed by atoms with E-state index in [9.17, 15) is 0 Å². The predicted molar refractivity (Wildman–Crippen MR) is 107 cm³/mol. The Hall–Kier alpha value is -2.55. The third-order valence-electron chi connectivity index (χ3n) is 5.02. The number of hydrogen-bond acceptors (Lipinski definition) is 3. The molecule has 3 rings (SSSR count). The van der Waals surface area contributed by atoms with Gasteiger partial charge in [0.2, 0.25) is 0 Å². The highest BCUT2D eigenvalue weighted by Gasteiger charge is 2.19. The Morgan fingerprint density at radius 2 is 1.56 bits per heavy atom. The Bertz CT molecular complexity index is 745. The van der Waals surface area contributed by atoms with Gasteiger partial charge in [0.05, 0.1) is 0 Å². The highest BCUT2D eigenvalue weighted by Crippen LogP contribution is 2.33. The second kappa shape index (κ2) is 7.56.